The van der Waals surface area contributed by atoms with Gasteiger partial charge in [0.2, 0.25) is 0 Å². The van der Waals surface area contributed by atoms with E-state index in [-0.39, 0.29) is 48.3 Å². The second-order valence-electron chi connectivity index (χ2n) is 1.31. The number of nitrogens with two attached hydrogens (primary N) is 1. The van der Waals surface area contributed by atoms with Gasteiger partial charge in [0, 0.05) is 0 Å². The Hall–Kier alpha value is 1.42. The fourth-order valence-corrected chi connectivity index (χ4v) is 1.65. The van der Waals surface area contributed by atoms with E-state index in [2.05, 4.69) is 6.92 Å². The van der Waals surface area contributed by atoms with Crippen LogP contribution in [-0.4, -0.2) is 0 Å². The molecular weight excluding hydrogens is 224 g/mol. The first-order valence-electron chi connectivity index (χ1n) is 2.35. The van der Waals surface area contributed by atoms with Gasteiger partial charge < -0.3 is 0 Å². The van der Waals surface area contributed by atoms with Gasteiger partial charge in [-0.1, -0.05) is 0 Å². The molecular formula is C4H13Cl2NZr. The first-order valence-corrected chi connectivity index (χ1v) is 5.51. The second-order valence-corrected chi connectivity index (χ2v) is 3.54. The molecule has 0 aliphatic heterocycles. The van der Waals surface area contributed by atoms with Crippen LogP contribution >= 0.6 is 24.8 Å². The molecule has 0 fully saturated rings. The summed E-state index contributed by atoms with van der Waals surface area (Å²) in [5.74, 6) is 0. The molecule has 1 nitrogen and oxygen atoms in total. The van der Waals surface area contributed by atoms with Crippen LogP contribution < -0.4 is 3.68 Å². The molecule has 2 N–H and O–H groups in total. The standard InChI is InChI=1S/C4H9.2ClH.H2N.Zr/c1-3-4-2;;;;/h1,3-4H2,2H3;2*1H;1H2;/q;;;-1;+1. The van der Waals surface area contributed by atoms with Gasteiger partial charge in [-0.15, -0.1) is 24.8 Å². The molecule has 0 radical (unpaired) electrons. The fraction of sp³-hybridized carbons (Fsp3) is 1.00. The first-order chi connectivity index (χ1) is 2.91. The molecule has 0 aliphatic rings. The van der Waals surface area contributed by atoms with Crippen LogP contribution in [0.5, 0.6) is 0 Å². The number of rotatable bonds is 3. The van der Waals surface area contributed by atoms with Crippen molar-refractivity contribution >= 4 is 24.8 Å². The molecule has 4 heteroatoms. The topological polar surface area (TPSA) is 26.0 Å². The molecule has 0 aromatic carbocycles. The molecule has 0 saturated heterocycles. The molecule has 52 valence electrons. The summed E-state index contributed by atoms with van der Waals surface area (Å²) >= 11 is -0.310. The zero-order valence-corrected chi connectivity index (χ0v) is 9.11. The number of unbranched alkanes of at least 4 members (excludes halogenated alkanes) is 1. The quantitative estimate of drug-likeness (QED) is 0.746. The zero-order chi connectivity index (χ0) is 4.83. The Labute approximate surface area is 75.6 Å². The van der Waals surface area contributed by atoms with E-state index in [1.165, 1.54) is 17.0 Å². The monoisotopic (exact) mass is 235 g/mol. The fourth-order valence-electron chi connectivity index (χ4n) is 0.279. The SMILES string of the molecule is CCC[CH2][Zr][NH2].Cl.Cl. The van der Waals surface area contributed by atoms with E-state index in [1.54, 1.807) is 0 Å². The van der Waals surface area contributed by atoms with Gasteiger partial charge in [0.1, 0.15) is 0 Å². The molecule has 0 aromatic heterocycles. The Morgan fingerprint density at radius 1 is 1.38 bits per heavy atom. The number of hydrogen-bond acceptors (Lipinski definition) is 1. The van der Waals surface area contributed by atoms with Crippen molar-refractivity contribution in [3.05, 3.63) is 0 Å². The zero-order valence-electron chi connectivity index (χ0n) is 5.02. The van der Waals surface area contributed by atoms with E-state index in [9.17, 15) is 0 Å². The Kier molecular flexibility index (Phi) is 32.0. The maximum atomic E-state index is 5.38. The normalized spacial score (nSPS) is 6.25. The minimum absolute atomic E-state index is 0. The summed E-state index contributed by atoms with van der Waals surface area (Å²) in [6.45, 7) is 2.20. The van der Waals surface area contributed by atoms with Crippen molar-refractivity contribution in [2.45, 2.75) is 23.9 Å². The summed E-state index contributed by atoms with van der Waals surface area (Å²) in [4.78, 5) is 0. The molecule has 0 atom stereocenters. The first kappa shape index (κ1) is 16.2. The molecule has 0 spiro atoms. The van der Waals surface area contributed by atoms with Crippen LogP contribution in [0.1, 0.15) is 19.8 Å². The summed E-state index contributed by atoms with van der Waals surface area (Å²) in [6, 6.07) is 0. The van der Waals surface area contributed by atoms with Gasteiger partial charge in [-0.2, -0.15) is 0 Å². The summed E-state index contributed by atoms with van der Waals surface area (Å²) in [6.07, 6.45) is 2.68. The Balaban J connectivity index is -0.000000125. The van der Waals surface area contributed by atoms with E-state index in [1.807, 2.05) is 0 Å². The minimum Gasteiger partial charge on any atom is -0.147 e. The van der Waals surface area contributed by atoms with Gasteiger partial charge in [-0.3, -0.25) is 0 Å². The van der Waals surface area contributed by atoms with Crippen molar-refractivity contribution in [2.24, 2.45) is 3.68 Å². The summed E-state index contributed by atoms with van der Waals surface area (Å²) in [5, 5.41) is 0. The van der Waals surface area contributed by atoms with Crippen LogP contribution in [0.25, 0.3) is 0 Å². The van der Waals surface area contributed by atoms with Gasteiger partial charge in [0.15, 0.2) is 0 Å². The Morgan fingerprint density at radius 3 is 2.00 bits per heavy atom. The van der Waals surface area contributed by atoms with Crippen LogP contribution in [-0.2, 0) is 23.5 Å². The molecule has 0 heterocycles. The van der Waals surface area contributed by atoms with Crippen LogP contribution in [0, 0.1) is 0 Å². The van der Waals surface area contributed by atoms with E-state index in [0.717, 1.165) is 0 Å². The average Bonchev–Trinajstić information content (AvgIpc) is 1.61. The van der Waals surface area contributed by atoms with Gasteiger partial charge in [-0.05, 0) is 0 Å². The second kappa shape index (κ2) is 15.8. The third-order valence-corrected chi connectivity index (χ3v) is 2.25. The van der Waals surface area contributed by atoms with Crippen molar-refractivity contribution in [2.75, 3.05) is 0 Å². The summed E-state index contributed by atoms with van der Waals surface area (Å²) in [5.41, 5.74) is 0. The van der Waals surface area contributed by atoms with Crippen LogP contribution in [0.15, 0.2) is 0 Å². The van der Waals surface area contributed by atoms with Crippen molar-refractivity contribution in [1.29, 1.82) is 0 Å². The van der Waals surface area contributed by atoms with Crippen molar-refractivity contribution < 1.29 is 23.5 Å². The van der Waals surface area contributed by atoms with E-state index >= 15 is 0 Å². The number of halogens is 2. The maximum Gasteiger partial charge on any atom is -0.147 e. The third-order valence-electron chi connectivity index (χ3n) is 0.675. The molecule has 0 aliphatic carbocycles. The minimum atomic E-state index is -0.310. The van der Waals surface area contributed by atoms with Gasteiger partial charge >= 0.3 is 51.1 Å². The molecule has 0 aromatic rings. The molecule has 0 saturated carbocycles. The molecule has 0 bridgehead atoms. The van der Waals surface area contributed by atoms with E-state index in [4.69, 9.17) is 3.68 Å². The number of hydrogen-bond donors (Lipinski definition) is 1. The van der Waals surface area contributed by atoms with Gasteiger partial charge in [0.05, 0.1) is 0 Å². The smallest absolute Gasteiger partial charge is 0.147 e. The summed E-state index contributed by atoms with van der Waals surface area (Å²) < 4.78 is 6.75. The van der Waals surface area contributed by atoms with E-state index < -0.39 is 0 Å². The van der Waals surface area contributed by atoms with E-state index in [0.29, 0.717) is 0 Å². The predicted molar refractivity (Wildman–Crippen MR) is 38.4 cm³/mol. The summed E-state index contributed by atoms with van der Waals surface area (Å²) in [7, 11) is 0. The average molecular weight is 237 g/mol. The van der Waals surface area contributed by atoms with Crippen LogP contribution in [0.4, 0.5) is 0 Å². The van der Waals surface area contributed by atoms with Gasteiger partial charge in [-0.25, -0.2) is 0 Å². The van der Waals surface area contributed by atoms with Crippen molar-refractivity contribution in [3.8, 4) is 0 Å². The predicted octanol–water partition coefficient (Wildman–Crippen LogP) is 2.00. The van der Waals surface area contributed by atoms with Crippen LogP contribution in [0.2, 0.25) is 4.13 Å². The van der Waals surface area contributed by atoms with Crippen LogP contribution in [0.3, 0.4) is 0 Å². The molecule has 0 unspecified atom stereocenters. The van der Waals surface area contributed by atoms with Crippen molar-refractivity contribution in [3.63, 3.8) is 0 Å². The molecule has 8 heavy (non-hydrogen) atoms. The Bertz CT molecular complexity index is 26.0. The Morgan fingerprint density at radius 2 is 1.88 bits per heavy atom. The largest absolute Gasteiger partial charge is 0.147 e. The van der Waals surface area contributed by atoms with Gasteiger partial charge in [0.25, 0.3) is 0 Å². The maximum absolute atomic E-state index is 5.38. The molecule has 0 rings (SSSR count). The van der Waals surface area contributed by atoms with Crippen molar-refractivity contribution in [1.82, 2.24) is 0 Å². The third kappa shape index (κ3) is 15.7. The molecule has 0 amide bonds.